The molecular weight excluding hydrogens is 721 g/mol. The summed E-state index contributed by atoms with van der Waals surface area (Å²) in [5.41, 5.74) is 5.35. The number of carbonyl (C=O) groups is 1. The Bertz CT molecular complexity index is 1390. The van der Waals surface area contributed by atoms with Gasteiger partial charge in [-0.25, -0.2) is 4.79 Å². The van der Waals surface area contributed by atoms with Crippen molar-refractivity contribution in [2.24, 2.45) is 0 Å². The van der Waals surface area contributed by atoms with E-state index in [2.05, 4.69) is 45.0 Å². The minimum Gasteiger partial charge on any atom is -0.423 e. The summed E-state index contributed by atoms with van der Waals surface area (Å²) in [4.78, 5) is 12.9. The molecule has 3 aromatic rings. The molecule has 0 saturated carbocycles. The molecule has 0 aromatic heterocycles. The normalized spacial score (nSPS) is 11.9. The molecule has 59 heavy (non-hydrogen) atoms. The predicted octanol–water partition coefficient (Wildman–Crippen LogP) is 18.3. The van der Waals surface area contributed by atoms with Crippen molar-refractivity contribution in [2.45, 2.75) is 232 Å². The highest BCUT2D eigenvalue weighted by Crippen LogP contribution is 2.25. The molecule has 3 aromatic carbocycles. The average molecular weight is 809 g/mol. The van der Waals surface area contributed by atoms with Crippen molar-refractivity contribution in [3.8, 4) is 16.9 Å². The van der Waals surface area contributed by atoms with Crippen LogP contribution in [-0.4, -0.2) is 12.6 Å². The first-order valence-corrected chi connectivity index (χ1v) is 25.2. The maximum absolute atomic E-state index is 12.9. The van der Waals surface area contributed by atoms with Gasteiger partial charge in [-0.15, -0.1) is 0 Å². The number of hydrogen-bond donors (Lipinski definition) is 0. The highest BCUT2D eigenvalue weighted by molar-refractivity contribution is 5.91. The van der Waals surface area contributed by atoms with Crippen molar-refractivity contribution in [3.63, 3.8) is 0 Å². The van der Waals surface area contributed by atoms with Gasteiger partial charge in [0.05, 0.1) is 11.7 Å². The van der Waals surface area contributed by atoms with Crippen LogP contribution in [0.3, 0.4) is 0 Å². The molecule has 330 valence electrons. The lowest BCUT2D eigenvalue weighted by molar-refractivity contribution is 0.0627. The van der Waals surface area contributed by atoms with E-state index in [1.165, 1.54) is 204 Å². The van der Waals surface area contributed by atoms with E-state index in [0.29, 0.717) is 11.3 Å². The van der Waals surface area contributed by atoms with Gasteiger partial charge in [0.2, 0.25) is 0 Å². The fourth-order valence-electron chi connectivity index (χ4n) is 8.34. The second-order valence-electron chi connectivity index (χ2n) is 17.7. The SMILES string of the molecule is CCCCCCCCCCCCCCCCCCCCOC(C)c1ccc(OC(=O)c2ccc(-c3ccc(CCCCCCCCCCCCCCC)cc3)cc2)cc1. The largest absolute Gasteiger partial charge is 0.423 e. The summed E-state index contributed by atoms with van der Waals surface area (Å²) in [5.74, 6) is 0.216. The Morgan fingerprint density at radius 1 is 0.424 bits per heavy atom. The number of hydrogen-bond acceptors (Lipinski definition) is 3. The number of esters is 1. The van der Waals surface area contributed by atoms with Gasteiger partial charge in [0.15, 0.2) is 0 Å². The molecule has 0 amide bonds. The lowest BCUT2D eigenvalue weighted by Gasteiger charge is -2.14. The summed E-state index contributed by atoms with van der Waals surface area (Å²) >= 11 is 0. The van der Waals surface area contributed by atoms with Crippen LogP contribution in [0.2, 0.25) is 0 Å². The third-order valence-corrected chi connectivity index (χ3v) is 12.4. The minimum absolute atomic E-state index is 0.0198. The Morgan fingerprint density at radius 2 is 0.780 bits per heavy atom. The molecule has 0 bridgehead atoms. The van der Waals surface area contributed by atoms with E-state index in [1.807, 2.05) is 48.5 Å². The zero-order valence-electron chi connectivity index (χ0n) is 38.6. The van der Waals surface area contributed by atoms with E-state index < -0.39 is 0 Å². The molecule has 0 aliphatic carbocycles. The summed E-state index contributed by atoms with van der Waals surface area (Å²) in [5, 5.41) is 0. The average Bonchev–Trinajstić information content (AvgIpc) is 3.26. The molecule has 0 saturated heterocycles. The molecule has 3 heteroatoms. The topological polar surface area (TPSA) is 35.5 Å². The van der Waals surface area contributed by atoms with Crippen LogP contribution < -0.4 is 4.74 Å². The number of carbonyl (C=O) groups excluding carboxylic acids is 1. The van der Waals surface area contributed by atoms with Crippen LogP contribution in [0.25, 0.3) is 11.1 Å². The van der Waals surface area contributed by atoms with Crippen LogP contribution >= 0.6 is 0 Å². The van der Waals surface area contributed by atoms with Crippen molar-refractivity contribution in [1.82, 2.24) is 0 Å². The summed E-state index contributed by atoms with van der Waals surface area (Å²) in [6, 6.07) is 24.5. The van der Waals surface area contributed by atoms with Gasteiger partial charge in [0, 0.05) is 6.61 Å². The van der Waals surface area contributed by atoms with Crippen LogP contribution in [0.4, 0.5) is 0 Å². The molecule has 0 N–H and O–H groups in total. The molecule has 0 aliphatic rings. The van der Waals surface area contributed by atoms with Crippen molar-refractivity contribution in [2.75, 3.05) is 6.61 Å². The highest BCUT2D eigenvalue weighted by atomic mass is 16.5. The first-order valence-electron chi connectivity index (χ1n) is 25.2. The highest BCUT2D eigenvalue weighted by Gasteiger charge is 2.11. The van der Waals surface area contributed by atoms with E-state index in [-0.39, 0.29) is 12.1 Å². The Kier molecular flexibility index (Phi) is 29.7. The van der Waals surface area contributed by atoms with E-state index in [0.717, 1.165) is 30.6 Å². The minimum atomic E-state index is -0.337. The van der Waals surface area contributed by atoms with E-state index in [4.69, 9.17) is 9.47 Å². The monoisotopic (exact) mass is 809 g/mol. The summed E-state index contributed by atoms with van der Waals surface area (Å²) in [6.07, 6.45) is 44.2. The van der Waals surface area contributed by atoms with Crippen LogP contribution in [0, 0.1) is 0 Å². The van der Waals surface area contributed by atoms with Crippen LogP contribution in [-0.2, 0) is 11.2 Å². The molecule has 3 nitrogen and oxygen atoms in total. The van der Waals surface area contributed by atoms with E-state index in [9.17, 15) is 4.79 Å². The fraction of sp³-hybridized carbons (Fsp3) is 0.661. The van der Waals surface area contributed by atoms with Gasteiger partial charge in [-0.3, -0.25) is 0 Å². The maximum atomic E-state index is 12.9. The van der Waals surface area contributed by atoms with Crippen LogP contribution in [0.1, 0.15) is 247 Å². The first-order chi connectivity index (χ1) is 29.1. The third kappa shape index (κ3) is 24.8. The molecular formula is C56H88O3. The first kappa shape index (κ1) is 50.4. The molecule has 3 rings (SSSR count). The Labute approximate surface area is 364 Å². The fourth-order valence-corrected chi connectivity index (χ4v) is 8.34. The predicted molar refractivity (Wildman–Crippen MR) is 256 cm³/mol. The lowest BCUT2D eigenvalue weighted by Crippen LogP contribution is -2.08. The molecule has 0 heterocycles. The molecule has 0 aliphatic heterocycles. The number of benzene rings is 3. The zero-order valence-corrected chi connectivity index (χ0v) is 38.6. The molecule has 1 unspecified atom stereocenters. The van der Waals surface area contributed by atoms with Gasteiger partial charge in [0.1, 0.15) is 5.75 Å². The standard InChI is InChI=1S/C56H88O3/c1-4-6-8-10-12-14-16-18-19-20-21-22-24-26-28-30-32-34-48-58-49(3)51-44-46-55(47-45-51)59-56(57)54-42-40-53(41-43-54)52-38-36-50(37-39-52)35-33-31-29-27-25-23-17-15-13-11-9-7-5-2/h36-47,49H,4-35,48H2,1-3H3. The third-order valence-electron chi connectivity index (χ3n) is 12.4. The molecule has 0 radical (unpaired) electrons. The number of rotatable bonds is 38. The van der Waals surface area contributed by atoms with Crippen molar-refractivity contribution in [3.05, 3.63) is 89.5 Å². The summed E-state index contributed by atoms with van der Waals surface area (Å²) in [6.45, 7) is 7.48. The lowest BCUT2D eigenvalue weighted by atomic mass is 10.00. The van der Waals surface area contributed by atoms with E-state index in [1.54, 1.807) is 0 Å². The molecule has 0 spiro atoms. The van der Waals surface area contributed by atoms with Gasteiger partial charge in [0.25, 0.3) is 0 Å². The quantitative estimate of drug-likeness (QED) is 0.0329. The molecule has 0 fully saturated rings. The van der Waals surface area contributed by atoms with Crippen molar-refractivity contribution in [1.29, 1.82) is 0 Å². The smallest absolute Gasteiger partial charge is 0.343 e. The number of aryl methyl sites for hydroxylation is 1. The Hall–Kier alpha value is -2.91. The Morgan fingerprint density at radius 3 is 1.19 bits per heavy atom. The Balaban J connectivity index is 1.18. The van der Waals surface area contributed by atoms with Crippen molar-refractivity contribution < 1.29 is 14.3 Å². The number of ether oxygens (including phenoxy) is 2. The van der Waals surface area contributed by atoms with Gasteiger partial charge < -0.3 is 9.47 Å². The van der Waals surface area contributed by atoms with E-state index >= 15 is 0 Å². The van der Waals surface area contributed by atoms with Gasteiger partial charge in [-0.05, 0) is 72.7 Å². The van der Waals surface area contributed by atoms with Gasteiger partial charge in [-0.1, -0.05) is 249 Å². The summed E-state index contributed by atoms with van der Waals surface area (Å²) < 4.78 is 11.9. The summed E-state index contributed by atoms with van der Waals surface area (Å²) in [7, 11) is 0. The second kappa shape index (κ2) is 34.8. The number of unbranched alkanes of at least 4 members (excludes halogenated alkanes) is 29. The van der Waals surface area contributed by atoms with Gasteiger partial charge in [-0.2, -0.15) is 0 Å². The maximum Gasteiger partial charge on any atom is 0.343 e. The van der Waals surface area contributed by atoms with Crippen LogP contribution in [0.5, 0.6) is 5.75 Å². The van der Waals surface area contributed by atoms with Crippen LogP contribution in [0.15, 0.2) is 72.8 Å². The molecule has 1 atom stereocenters. The second-order valence-corrected chi connectivity index (χ2v) is 17.7. The van der Waals surface area contributed by atoms with Crippen molar-refractivity contribution >= 4 is 5.97 Å². The van der Waals surface area contributed by atoms with Gasteiger partial charge >= 0.3 is 5.97 Å². The zero-order chi connectivity index (χ0) is 41.9.